The van der Waals surface area contributed by atoms with E-state index in [0.717, 1.165) is 70.6 Å². The van der Waals surface area contributed by atoms with E-state index in [1.807, 2.05) is 18.2 Å². The average Bonchev–Trinajstić information content (AvgIpc) is 3.15. The van der Waals surface area contributed by atoms with Crippen molar-refractivity contribution in [2.45, 2.75) is 167 Å². The number of aliphatic hydroxyl groups is 1. The molecule has 2 unspecified atom stereocenters. The number of aliphatic carboxylic acids is 1. The summed E-state index contributed by atoms with van der Waals surface area (Å²) < 4.78 is 32.5. The quantitative estimate of drug-likeness (QED) is 0.0202. The summed E-state index contributed by atoms with van der Waals surface area (Å²) in [6.45, 7) is 2.49. The van der Waals surface area contributed by atoms with Crippen molar-refractivity contribution >= 4 is 25.7 Å². The van der Waals surface area contributed by atoms with Crippen molar-refractivity contribution in [2.75, 3.05) is 19.8 Å². The van der Waals surface area contributed by atoms with Gasteiger partial charge in [-0.3, -0.25) is 23.4 Å². The number of esters is 2. The standard InChI is InChI=1S/C42H72NO11P/c1-3-5-6-7-8-9-10-12-17-20-23-26-29-33-41(46)54-38(35-52-55(49,50)53-36-39(43)42(47)48)34-51-40(45)32-28-25-22-19-16-14-11-13-15-18-21-24-27-31-37(44)30-4-2/h9-11,14-15,18-19,22,24,27,37-39,44H,3-8,12-13,16-17,20-21,23,25-26,28-36,43H2,1-2H3,(H,47,48)(H,49,50)/b10-9-,14-11-,18-15-,22-19-,27-24-/t37?,38-,39+/m1/s1. The SMILES string of the molecule is CCCCCC/C=C\CCCCCCCC(=O)O[C@H](COC(=O)CCC/C=C\C/C=C\C/C=C\C/C=C\CC(O)CCC)COP(=O)(O)OC[C@H](N)C(=O)O. The molecule has 0 aromatic rings. The van der Waals surface area contributed by atoms with Gasteiger partial charge in [-0.1, -0.05) is 120 Å². The molecule has 0 heterocycles. The zero-order valence-electron chi connectivity index (χ0n) is 33.6. The molecule has 12 nitrogen and oxygen atoms in total. The third-order valence-corrected chi connectivity index (χ3v) is 9.24. The van der Waals surface area contributed by atoms with E-state index in [1.54, 1.807) is 0 Å². The highest BCUT2D eigenvalue weighted by atomic mass is 31.2. The van der Waals surface area contributed by atoms with Gasteiger partial charge in [0.1, 0.15) is 12.6 Å². The molecule has 0 aliphatic rings. The molecule has 0 aliphatic heterocycles. The predicted octanol–water partition coefficient (Wildman–Crippen LogP) is 9.36. The second kappa shape index (κ2) is 36.8. The number of hydrogen-bond acceptors (Lipinski definition) is 10. The van der Waals surface area contributed by atoms with Crippen molar-refractivity contribution in [1.82, 2.24) is 0 Å². The van der Waals surface area contributed by atoms with Gasteiger partial charge in [-0.05, 0) is 77.0 Å². The molecular weight excluding hydrogens is 725 g/mol. The minimum absolute atomic E-state index is 0.127. The fourth-order valence-electron chi connectivity index (χ4n) is 5.07. The first-order chi connectivity index (χ1) is 26.5. The number of carboxylic acid groups (broad SMARTS) is 1. The Kier molecular flexibility index (Phi) is 34.8. The summed E-state index contributed by atoms with van der Waals surface area (Å²) >= 11 is 0. The molecule has 0 aromatic heterocycles. The number of nitrogens with two attached hydrogens (primary N) is 1. The summed E-state index contributed by atoms with van der Waals surface area (Å²) in [7, 11) is -4.74. The fourth-order valence-corrected chi connectivity index (χ4v) is 5.84. The van der Waals surface area contributed by atoms with Crippen LogP contribution in [0.4, 0.5) is 0 Å². The Labute approximate surface area is 330 Å². The predicted molar refractivity (Wildman–Crippen MR) is 218 cm³/mol. The first-order valence-corrected chi connectivity index (χ1v) is 21.9. The minimum atomic E-state index is -4.74. The molecule has 316 valence electrons. The van der Waals surface area contributed by atoms with Crippen LogP contribution in [0, 0.1) is 0 Å². The Morgan fingerprint density at radius 3 is 1.76 bits per heavy atom. The topological polar surface area (TPSA) is 192 Å². The molecule has 0 saturated heterocycles. The lowest BCUT2D eigenvalue weighted by atomic mass is 10.1. The molecule has 0 bridgehead atoms. The van der Waals surface area contributed by atoms with Gasteiger partial charge in [0.15, 0.2) is 6.10 Å². The zero-order chi connectivity index (χ0) is 40.8. The summed E-state index contributed by atoms with van der Waals surface area (Å²) in [5.41, 5.74) is 5.31. The average molecular weight is 798 g/mol. The van der Waals surface area contributed by atoms with Gasteiger partial charge in [0.25, 0.3) is 0 Å². The molecular formula is C42H72NO11P. The van der Waals surface area contributed by atoms with Crippen LogP contribution >= 0.6 is 7.82 Å². The Morgan fingerprint density at radius 1 is 0.636 bits per heavy atom. The highest BCUT2D eigenvalue weighted by Gasteiger charge is 2.28. The van der Waals surface area contributed by atoms with Gasteiger partial charge in [-0.25, -0.2) is 4.57 Å². The van der Waals surface area contributed by atoms with Gasteiger partial charge in [0.05, 0.1) is 19.3 Å². The molecule has 0 rings (SSSR count). The Morgan fingerprint density at radius 2 is 1.15 bits per heavy atom. The molecule has 0 fully saturated rings. The van der Waals surface area contributed by atoms with E-state index < -0.39 is 57.7 Å². The van der Waals surface area contributed by atoms with Crippen molar-refractivity contribution in [2.24, 2.45) is 5.73 Å². The van der Waals surface area contributed by atoms with E-state index in [0.29, 0.717) is 25.7 Å². The van der Waals surface area contributed by atoms with Gasteiger partial charge in [-0.15, -0.1) is 0 Å². The molecule has 0 radical (unpaired) electrons. The van der Waals surface area contributed by atoms with E-state index in [1.165, 1.54) is 25.7 Å². The molecule has 4 atom stereocenters. The zero-order valence-corrected chi connectivity index (χ0v) is 34.5. The van der Waals surface area contributed by atoms with Crippen LogP contribution in [-0.4, -0.2) is 71.1 Å². The summed E-state index contributed by atoms with van der Waals surface area (Å²) in [6.07, 6.45) is 37.9. The van der Waals surface area contributed by atoms with E-state index in [-0.39, 0.29) is 18.9 Å². The van der Waals surface area contributed by atoms with Crippen LogP contribution in [0.3, 0.4) is 0 Å². The van der Waals surface area contributed by atoms with Gasteiger partial charge in [0, 0.05) is 12.8 Å². The number of carbonyl (C=O) groups is 3. The Balaban J connectivity index is 4.53. The monoisotopic (exact) mass is 797 g/mol. The third kappa shape index (κ3) is 36.5. The van der Waals surface area contributed by atoms with Crippen molar-refractivity contribution in [3.8, 4) is 0 Å². The molecule has 0 saturated carbocycles. The summed E-state index contributed by atoms with van der Waals surface area (Å²) in [5, 5.41) is 18.6. The van der Waals surface area contributed by atoms with Crippen LogP contribution in [0.1, 0.15) is 149 Å². The highest BCUT2D eigenvalue weighted by Crippen LogP contribution is 2.43. The minimum Gasteiger partial charge on any atom is -0.480 e. The van der Waals surface area contributed by atoms with Crippen LogP contribution in [0.5, 0.6) is 0 Å². The number of hydrogen-bond donors (Lipinski definition) is 4. The van der Waals surface area contributed by atoms with Gasteiger partial charge in [-0.2, -0.15) is 0 Å². The molecule has 55 heavy (non-hydrogen) atoms. The second-order valence-corrected chi connectivity index (χ2v) is 15.0. The lowest BCUT2D eigenvalue weighted by Crippen LogP contribution is -2.34. The summed E-state index contributed by atoms with van der Waals surface area (Å²) in [5.74, 6) is -2.50. The number of carboxylic acids is 1. The van der Waals surface area contributed by atoms with Crippen LogP contribution in [0.25, 0.3) is 0 Å². The lowest BCUT2D eigenvalue weighted by molar-refractivity contribution is -0.161. The number of allylic oxidation sites excluding steroid dienone is 9. The molecule has 5 N–H and O–H groups in total. The van der Waals surface area contributed by atoms with Crippen LogP contribution in [0.15, 0.2) is 60.8 Å². The molecule has 0 amide bonds. The number of phosphoric ester groups is 1. The van der Waals surface area contributed by atoms with Crippen molar-refractivity contribution in [3.63, 3.8) is 0 Å². The molecule has 13 heteroatoms. The van der Waals surface area contributed by atoms with E-state index in [4.69, 9.17) is 24.8 Å². The maximum absolute atomic E-state index is 12.6. The van der Waals surface area contributed by atoms with Gasteiger partial charge in [0.2, 0.25) is 0 Å². The van der Waals surface area contributed by atoms with Crippen LogP contribution in [0.2, 0.25) is 0 Å². The van der Waals surface area contributed by atoms with Crippen molar-refractivity contribution < 1.29 is 52.6 Å². The fraction of sp³-hybridized carbons (Fsp3) is 0.690. The number of ether oxygens (including phenoxy) is 2. The second-order valence-electron chi connectivity index (χ2n) is 13.6. The molecule has 0 aromatic carbocycles. The van der Waals surface area contributed by atoms with Crippen LogP contribution in [-0.2, 0) is 37.5 Å². The van der Waals surface area contributed by atoms with Gasteiger partial charge >= 0.3 is 25.7 Å². The van der Waals surface area contributed by atoms with E-state index >= 15 is 0 Å². The first kappa shape index (κ1) is 52.1. The maximum atomic E-state index is 12.6. The van der Waals surface area contributed by atoms with E-state index in [9.17, 15) is 28.9 Å². The number of aliphatic hydroxyl groups excluding tert-OH is 1. The molecule has 0 aliphatic carbocycles. The Bertz CT molecular complexity index is 1180. The summed E-state index contributed by atoms with van der Waals surface area (Å²) in [6, 6.07) is -1.54. The van der Waals surface area contributed by atoms with Gasteiger partial charge < -0.3 is 30.3 Å². The number of rotatable bonds is 37. The highest BCUT2D eigenvalue weighted by molar-refractivity contribution is 7.47. The number of carbonyl (C=O) groups excluding carboxylic acids is 2. The largest absolute Gasteiger partial charge is 0.480 e. The smallest absolute Gasteiger partial charge is 0.472 e. The first-order valence-electron chi connectivity index (χ1n) is 20.4. The normalized spacial score (nSPS) is 15.0. The maximum Gasteiger partial charge on any atom is 0.472 e. The van der Waals surface area contributed by atoms with Crippen LogP contribution < -0.4 is 5.73 Å². The number of unbranched alkanes of at least 4 members (excludes halogenated alkanes) is 10. The number of phosphoric acid groups is 1. The molecule has 0 spiro atoms. The van der Waals surface area contributed by atoms with Crippen molar-refractivity contribution in [1.29, 1.82) is 0 Å². The van der Waals surface area contributed by atoms with E-state index in [2.05, 4.69) is 60.9 Å². The lowest BCUT2D eigenvalue weighted by Gasteiger charge is -2.20. The Hall–Kier alpha value is -2.86. The third-order valence-electron chi connectivity index (χ3n) is 8.29. The van der Waals surface area contributed by atoms with Crippen molar-refractivity contribution in [3.05, 3.63) is 60.8 Å². The summed E-state index contributed by atoms with van der Waals surface area (Å²) in [4.78, 5) is 45.8.